The molecular formula is C15H13ClFN3S. The van der Waals surface area contributed by atoms with Gasteiger partial charge in [-0.05, 0) is 30.3 Å². The van der Waals surface area contributed by atoms with Crippen LogP contribution in [-0.4, -0.2) is 4.98 Å². The number of nitrogens with two attached hydrogens (primary N) is 1. The largest absolute Gasteiger partial charge is 0.271 e. The van der Waals surface area contributed by atoms with E-state index in [2.05, 4.69) is 10.4 Å². The molecule has 0 aliphatic rings. The van der Waals surface area contributed by atoms with Crippen LogP contribution in [0, 0.1) is 5.82 Å². The van der Waals surface area contributed by atoms with E-state index >= 15 is 0 Å². The summed E-state index contributed by atoms with van der Waals surface area (Å²) in [4.78, 5) is 4.55. The van der Waals surface area contributed by atoms with Crippen LogP contribution in [0.3, 0.4) is 0 Å². The van der Waals surface area contributed by atoms with Crippen LogP contribution in [0.4, 0.5) is 4.39 Å². The zero-order valence-corrected chi connectivity index (χ0v) is 12.6. The van der Waals surface area contributed by atoms with Crippen molar-refractivity contribution in [2.24, 2.45) is 5.84 Å². The highest BCUT2D eigenvalue weighted by Gasteiger charge is 2.17. The van der Waals surface area contributed by atoms with Crippen LogP contribution in [0.5, 0.6) is 0 Å². The van der Waals surface area contributed by atoms with Crippen molar-refractivity contribution in [3.8, 4) is 0 Å². The first kappa shape index (κ1) is 14.4. The van der Waals surface area contributed by atoms with Gasteiger partial charge in [-0.3, -0.25) is 11.3 Å². The lowest BCUT2D eigenvalue weighted by Crippen LogP contribution is -2.30. The van der Waals surface area contributed by atoms with Gasteiger partial charge in [-0.15, -0.1) is 11.3 Å². The number of nitrogens with zero attached hydrogens (tertiary/aromatic N) is 1. The van der Waals surface area contributed by atoms with Gasteiger partial charge in [0.2, 0.25) is 0 Å². The van der Waals surface area contributed by atoms with Crippen LogP contribution in [0.25, 0.3) is 10.2 Å². The summed E-state index contributed by atoms with van der Waals surface area (Å²) in [5, 5.41) is 1.38. The molecule has 3 N–H and O–H groups in total. The van der Waals surface area contributed by atoms with Crippen molar-refractivity contribution in [3.63, 3.8) is 0 Å². The summed E-state index contributed by atoms with van der Waals surface area (Å²) >= 11 is 7.52. The Bertz CT molecular complexity index is 741. The molecule has 3 nitrogen and oxygen atoms in total. The van der Waals surface area contributed by atoms with Gasteiger partial charge in [0.15, 0.2) is 0 Å². The number of hydrogen-bond acceptors (Lipinski definition) is 4. The first-order chi connectivity index (χ1) is 10.2. The van der Waals surface area contributed by atoms with Crippen molar-refractivity contribution in [2.45, 2.75) is 12.5 Å². The number of fused-ring (bicyclic) bond motifs is 1. The second-order valence-electron chi connectivity index (χ2n) is 4.66. The fraction of sp³-hybridized carbons (Fsp3) is 0.133. The Hall–Kier alpha value is -1.53. The molecule has 1 unspecified atom stereocenters. The Kier molecular flexibility index (Phi) is 4.17. The molecule has 108 valence electrons. The van der Waals surface area contributed by atoms with E-state index in [0.29, 0.717) is 17.0 Å². The minimum Gasteiger partial charge on any atom is -0.271 e. The van der Waals surface area contributed by atoms with Gasteiger partial charge in [0, 0.05) is 17.0 Å². The van der Waals surface area contributed by atoms with Crippen LogP contribution in [-0.2, 0) is 6.42 Å². The molecular weight excluding hydrogens is 309 g/mol. The van der Waals surface area contributed by atoms with Crippen molar-refractivity contribution in [2.75, 3.05) is 0 Å². The number of hydrogen-bond donors (Lipinski definition) is 2. The minimum absolute atomic E-state index is 0.330. The summed E-state index contributed by atoms with van der Waals surface area (Å²) in [6, 6.07) is 12.0. The summed E-state index contributed by atoms with van der Waals surface area (Å²) in [6.07, 6.45) is 0.507. The van der Waals surface area contributed by atoms with Crippen molar-refractivity contribution in [1.82, 2.24) is 10.4 Å². The molecule has 0 aliphatic carbocycles. The van der Waals surface area contributed by atoms with Gasteiger partial charge in [0.25, 0.3) is 0 Å². The fourth-order valence-corrected chi connectivity index (χ4v) is 3.42. The van der Waals surface area contributed by atoms with Crippen LogP contribution in [0.1, 0.15) is 16.6 Å². The zero-order chi connectivity index (χ0) is 14.8. The molecule has 0 fully saturated rings. The third-order valence-corrected chi connectivity index (χ3v) is 4.55. The summed E-state index contributed by atoms with van der Waals surface area (Å²) in [6.45, 7) is 0. The van der Waals surface area contributed by atoms with E-state index in [1.165, 1.54) is 12.1 Å². The molecule has 0 bridgehead atoms. The van der Waals surface area contributed by atoms with E-state index in [9.17, 15) is 4.39 Å². The molecule has 0 amide bonds. The summed E-state index contributed by atoms with van der Waals surface area (Å²) < 4.78 is 15.0. The lowest BCUT2D eigenvalue weighted by atomic mass is 10.0. The number of benzene rings is 2. The Labute approximate surface area is 130 Å². The quantitative estimate of drug-likeness (QED) is 0.567. The molecule has 1 atom stereocenters. The maximum absolute atomic E-state index is 13.9. The monoisotopic (exact) mass is 321 g/mol. The van der Waals surface area contributed by atoms with E-state index in [1.807, 2.05) is 24.3 Å². The number of rotatable bonds is 4. The molecule has 1 heterocycles. The maximum atomic E-state index is 13.9. The second kappa shape index (κ2) is 6.07. The molecule has 0 saturated carbocycles. The number of halogens is 2. The number of nitrogens with one attached hydrogen (secondary N) is 1. The van der Waals surface area contributed by atoms with Gasteiger partial charge in [-0.25, -0.2) is 9.37 Å². The first-order valence-electron chi connectivity index (χ1n) is 6.43. The van der Waals surface area contributed by atoms with Gasteiger partial charge in [0.1, 0.15) is 5.82 Å². The molecule has 3 aromatic rings. The third kappa shape index (κ3) is 3.06. The first-order valence-corrected chi connectivity index (χ1v) is 7.62. The topological polar surface area (TPSA) is 50.9 Å². The Morgan fingerprint density at radius 1 is 1.29 bits per heavy atom. The van der Waals surface area contributed by atoms with Crippen molar-refractivity contribution in [1.29, 1.82) is 0 Å². The highest BCUT2D eigenvalue weighted by atomic mass is 35.5. The molecule has 1 aromatic heterocycles. The zero-order valence-electron chi connectivity index (χ0n) is 11.0. The van der Waals surface area contributed by atoms with Gasteiger partial charge in [-0.2, -0.15) is 0 Å². The van der Waals surface area contributed by atoms with Gasteiger partial charge in [-0.1, -0.05) is 23.7 Å². The lowest BCUT2D eigenvalue weighted by Gasteiger charge is -2.16. The Balaban J connectivity index is 1.91. The molecule has 0 radical (unpaired) electrons. The Morgan fingerprint density at radius 2 is 2.10 bits per heavy atom. The minimum atomic E-state index is -0.371. The van der Waals surface area contributed by atoms with Crippen molar-refractivity contribution < 1.29 is 4.39 Å². The number of aromatic nitrogens is 1. The molecule has 2 aromatic carbocycles. The highest BCUT2D eigenvalue weighted by Crippen LogP contribution is 2.28. The van der Waals surface area contributed by atoms with Crippen LogP contribution in [0.2, 0.25) is 5.02 Å². The van der Waals surface area contributed by atoms with Crippen LogP contribution in [0.15, 0.2) is 42.5 Å². The number of thiazole rings is 1. The Morgan fingerprint density at radius 3 is 2.86 bits per heavy atom. The summed E-state index contributed by atoms with van der Waals surface area (Å²) in [5.41, 5.74) is 4.04. The molecule has 3 rings (SSSR count). The average molecular weight is 322 g/mol. The van der Waals surface area contributed by atoms with Gasteiger partial charge < -0.3 is 0 Å². The van der Waals surface area contributed by atoms with E-state index < -0.39 is 0 Å². The van der Waals surface area contributed by atoms with Crippen LogP contribution < -0.4 is 11.3 Å². The maximum Gasteiger partial charge on any atom is 0.128 e. The second-order valence-corrected chi connectivity index (χ2v) is 6.22. The third-order valence-electron chi connectivity index (χ3n) is 3.25. The fourth-order valence-electron chi connectivity index (χ4n) is 2.22. The van der Waals surface area contributed by atoms with Gasteiger partial charge >= 0.3 is 0 Å². The van der Waals surface area contributed by atoms with Crippen molar-refractivity contribution >= 4 is 33.2 Å². The average Bonchev–Trinajstić information content (AvgIpc) is 2.90. The summed E-state index contributed by atoms with van der Waals surface area (Å²) in [5.74, 6) is 5.25. The number of hydrazine groups is 1. The van der Waals surface area contributed by atoms with E-state index in [-0.39, 0.29) is 11.9 Å². The number of para-hydroxylation sites is 1. The molecule has 21 heavy (non-hydrogen) atoms. The molecule has 6 heteroatoms. The SMILES string of the molecule is NNC(Cc1nc2ccccc2s1)c1cc(Cl)ccc1F. The lowest BCUT2D eigenvalue weighted by molar-refractivity contribution is 0.510. The predicted molar refractivity (Wildman–Crippen MR) is 84.8 cm³/mol. The van der Waals surface area contributed by atoms with Gasteiger partial charge in [0.05, 0.1) is 21.3 Å². The molecule has 0 spiro atoms. The molecule has 0 aliphatic heterocycles. The standard InChI is InChI=1S/C15H13ClFN3S/c16-9-5-6-11(17)10(7-9)13(20-18)8-15-19-12-3-1-2-4-14(12)21-15/h1-7,13,20H,8,18H2. The normalized spacial score (nSPS) is 12.7. The van der Waals surface area contributed by atoms with E-state index in [4.69, 9.17) is 17.4 Å². The van der Waals surface area contributed by atoms with E-state index in [0.717, 1.165) is 15.2 Å². The van der Waals surface area contributed by atoms with E-state index in [1.54, 1.807) is 17.4 Å². The summed E-state index contributed by atoms with van der Waals surface area (Å²) in [7, 11) is 0. The molecule has 0 saturated heterocycles. The van der Waals surface area contributed by atoms with Crippen molar-refractivity contribution in [3.05, 3.63) is 63.9 Å². The predicted octanol–water partition coefficient (Wildman–Crippen LogP) is 3.84. The smallest absolute Gasteiger partial charge is 0.128 e. The highest BCUT2D eigenvalue weighted by molar-refractivity contribution is 7.18. The van der Waals surface area contributed by atoms with Crippen LogP contribution >= 0.6 is 22.9 Å².